The summed E-state index contributed by atoms with van der Waals surface area (Å²) in [6, 6.07) is 7.05. The van der Waals surface area contributed by atoms with Crippen molar-refractivity contribution in [3.8, 4) is 0 Å². The third kappa shape index (κ3) is 3.59. The van der Waals surface area contributed by atoms with Crippen LogP contribution in [0, 0.1) is 12.8 Å². The van der Waals surface area contributed by atoms with Gasteiger partial charge in [-0.05, 0) is 31.1 Å². The largest absolute Gasteiger partial charge is 0.247 e. The van der Waals surface area contributed by atoms with Gasteiger partial charge in [0.15, 0.2) is 5.16 Å². The van der Waals surface area contributed by atoms with Crippen molar-refractivity contribution in [1.82, 2.24) is 0 Å². The topological polar surface area (TPSA) is 17.1 Å². The molecule has 1 rings (SSSR count). The highest BCUT2D eigenvalue weighted by atomic mass is 32.2. The van der Waals surface area contributed by atoms with Crippen LogP contribution in [0.25, 0.3) is 0 Å². The number of aryl methyl sites for hydroxylation is 1. The maximum atomic E-state index is 13.4. The second-order valence-electron chi connectivity index (χ2n) is 3.80. The van der Waals surface area contributed by atoms with Gasteiger partial charge >= 0.3 is 0 Å². The average molecular weight is 226 g/mol. The quantitative estimate of drug-likeness (QED) is 0.770. The zero-order valence-corrected chi connectivity index (χ0v) is 9.98. The normalized spacial score (nSPS) is 14.3. The molecule has 1 atom stereocenters. The molecule has 82 valence electrons. The van der Waals surface area contributed by atoms with Crippen molar-refractivity contribution >= 4 is 10.8 Å². The van der Waals surface area contributed by atoms with Gasteiger partial charge in [0.05, 0.1) is 0 Å². The Morgan fingerprint density at radius 2 is 1.87 bits per heavy atom. The monoisotopic (exact) mass is 226 g/mol. The van der Waals surface area contributed by atoms with Crippen LogP contribution in [-0.4, -0.2) is 4.21 Å². The number of allylic oxidation sites excluding steroid dienone is 1. The molecular weight excluding hydrogens is 211 g/mol. The maximum Gasteiger partial charge on any atom is 0.187 e. The molecule has 0 aromatic heterocycles. The Balaban J connectivity index is 2.90. The molecule has 3 heteroatoms. The number of halogens is 1. The maximum absolute atomic E-state index is 13.4. The van der Waals surface area contributed by atoms with E-state index in [1.54, 1.807) is 12.1 Å². The summed E-state index contributed by atoms with van der Waals surface area (Å²) in [6.45, 7) is 5.64. The summed E-state index contributed by atoms with van der Waals surface area (Å²) in [4.78, 5) is 0.509. The molecule has 0 heterocycles. The van der Waals surface area contributed by atoms with Gasteiger partial charge in [-0.1, -0.05) is 31.5 Å². The minimum atomic E-state index is -1.66. The van der Waals surface area contributed by atoms with E-state index in [0.717, 1.165) is 5.56 Å². The lowest BCUT2D eigenvalue weighted by Crippen LogP contribution is -1.93. The summed E-state index contributed by atoms with van der Waals surface area (Å²) < 4.78 is 25.1. The van der Waals surface area contributed by atoms with E-state index >= 15 is 0 Å². The highest BCUT2D eigenvalue weighted by Gasteiger charge is 2.09. The molecule has 0 spiro atoms. The SMILES string of the molecule is Cc1ccc([S@](=O)/C(F)=C\C(C)C)cc1. The van der Waals surface area contributed by atoms with Crippen molar-refractivity contribution in [2.45, 2.75) is 25.7 Å². The molecule has 0 bridgehead atoms. The summed E-state index contributed by atoms with van der Waals surface area (Å²) in [6.07, 6.45) is 1.38. The predicted octanol–water partition coefficient (Wildman–Crippen LogP) is 3.57. The van der Waals surface area contributed by atoms with Crippen LogP contribution >= 0.6 is 0 Å². The Hall–Kier alpha value is -0.960. The third-order valence-corrected chi connectivity index (χ3v) is 3.07. The van der Waals surface area contributed by atoms with Gasteiger partial charge in [-0.15, -0.1) is 0 Å². The Morgan fingerprint density at radius 3 is 2.33 bits per heavy atom. The third-order valence-electron chi connectivity index (χ3n) is 1.88. The smallest absolute Gasteiger partial charge is 0.187 e. The molecule has 0 saturated heterocycles. The summed E-state index contributed by atoms with van der Waals surface area (Å²) in [5.41, 5.74) is 1.07. The van der Waals surface area contributed by atoms with Gasteiger partial charge in [0, 0.05) is 4.90 Å². The van der Waals surface area contributed by atoms with Gasteiger partial charge in [-0.25, -0.2) is 4.21 Å². The first kappa shape index (κ1) is 12.1. The molecule has 0 aliphatic carbocycles. The molecule has 1 aromatic rings. The van der Waals surface area contributed by atoms with E-state index in [4.69, 9.17) is 0 Å². The van der Waals surface area contributed by atoms with Gasteiger partial charge in [-0.3, -0.25) is 0 Å². The van der Waals surface area contributed by atoms with Crippen LogP contribution in [0.3, 0.4) is 0 Å². The molecule has 0 aliphatic heterocycles. The van der Waals surface area contributed by atoms with Crippen molar-refractivity contribution in [3.63, 3.8) is 0 Å². The van der Waals surface area contributed by atoms with Crippen molar-refractivity contribution in [1.29, 1.82) is 0 Å². The summed E-state index contributed by atoms with van der Waals surface area (Å²) in [7, 11) is -1.66. The second-order valence-corrected chi connectivity index (χ2v) is 5.20. The number of hydrogen-bond acceptors (Lipinski definition) is 1. The standard InChI is InChI=1S/C12H15FOS/c1-9(2)8-12(13)15(14)11-6-4-10(3)5-7-11/h4-9H,1-3H3/b12-8-/t15-/m0/s1. The molecule has 1 nitrogen and oxygen atoms in total. The first-order valence-corrected chi connectivity index (χ1v) is 6.01. The Morgan fingerprint density at radius 1 is 1.33 bits per heavy atom. The second kappa shape index (κ2) is 5.21. The molecule has 0 radical (unpaired) electrons. The summed E-state index contributed by atoms with van der Waals surface area (Å²) >= 11 is 0. The van der Waals surface area contributed by atoms with Gasteiger partial charge in [-0.2, -0.15) is 4.39 Å². The molecule has 1 aromatic carbocycles. The van der Waals surface area contributed by atoms with Crippen LogP contribution in [0.4, 0.5) is 4.39 Å². The van der Waals surface area contributed by atoms with Crippen molar-refractivity contribution < 1.29 is 8.60 Å². The Labute approximate surface area is 92.5 Å². The summed E-state index contributed by atoms with van der Waals surface area (Å²) in [5.74, 6) is 0.0689. The highest BCUT2D eigenvalue weighted by molar-refractivity contribution is 7.88. The van der Waals surface area contributed by atoms with Gasteiger partial charge < -0.3 is 0 Å². The highest BCUT2D eigenvalue weighted by Crippen LogP contribution is 2.17. The fraction of sp³-hybridized carbons (Fsp3) is 0.333. The number of hydrogen-bond donors (Lipinski definition) is 0. The van der Waals surface area contributed by atoms with Crippen LogP contribution in [0.15, 0.2) is 40.4 Å². The van der Waals surface area contributed by atoms with Crippen LogP contribution in [0.5, 0.6) is 0 Å². The van der Waals surface area contributed by atoms with E-state index in [2.05, 4.69) is 0 Å². The molecule has 15 heavy (non-hydrogen) atoms. The van der Waals surface area contributed by atoms with E-state index in [1.807, 2.05) is 32.9 Å². The lowest BCUT2D eigenvalue weighted by atomic mass is 10.2. The van der Waals surface area contributed by atoms with Crippen molar-refractivity contribution in [2.75, 3.05) is 0 Å². The molecule has 0 fully saturated rings. The fourth-order valence-corrected chi connectivity index (χ4v) is 2.10. The zero-order valence-electron chi connectivity index (χ0n) is 9.16. The van der Waals surface area contributed by atoms with Crippen LogP contribution in [-0.2, 0) is 10.8 Å². The molecule has 0 N–H and O–H groups in total. The van der Waals surface area contributed by atoms with E-state index in [1.165, 1.54) is 6.08 Å². The van der Waals surface area contributed by atoms with Crippen molar-refractivity contribution in [2.24, 2.45) is 5.92 Å². The molecule has 0 unspecified atom stereocenters. The minimum absolute atomic E-state index is 0.0689. The number of benzene rings is 1. The van der Waals surface area contributed by atoms with Crippen LogP contribution in [0.1, 0.15) is 19.4 Å². The first-order valence-electron chi connectivity index (χ1n) is 4.86. The Kier molecular flexibility index (Phi) is 4.21. The zero-order chi connectivity index (χ0) is 11.4. The molecular formula is C12H15FOS. The molecule has 0 saturated carbocycles. The first-order chi connectivity index (χ1) is 7.00. The number of rotatable bonds is 3. The minimum Gasteiger partial charge on any atom is -0.247 e. The molecule has 0 aliphatic rings. The predicted molar refractivity (Wildman–Crippen MR) is 61.6 cm³/mol. The van der Waals surface area contributed by atoms with Gasteiger partial charge in [0.2, 0.25) is 0 Å². The van der Waals surface area contributed by atoms with E-state index in [-0.39, 0.29) is 5.92 Å². The van der Waals surface area contributed by atoms with Crippen LogP contribution < -0.4 is 0 Å². The lowest BCUT2D eigenvalue weighted by molar-refractivity contribution is 0.638. The van der Waals surface area contributed by atoms with E-state index < -0.39 is 16.0 Å². The lowest BCUT2D eigenvalue weighted by Gasteiger charge is -2.01. The van der Waals surface area contributed by atoms with Gasteiger partial charge in [0.1, 0.15) is 10.8 Å². The Bertz CT molecular complexity index is 379. The summed E-state index contributed by atoms with van der Waals surface area (Å²) in [5, 5.41) is -0.561. The van der Waals surface area contributed by atoms with Crippen LogP contribution in [0.2, 0.25) is 0 Å². The molecule has 0 amide bonds. The van der Waals surface area contributed by atoms with E-state index in [0.29, 0.717) is 4.90 Å². The van der Waals surface area contributed by atoms with Gasteiger partial charge in [0.25, 0.3) is 0 Å². The van der Waals surface area contributed by atoms with E-state index in [9.17, 15) is 8.60 Å². The van der Waals surface area contributed by atoms with Crippen molar-refractivity contribution in [3.05, 3.63) is 41.1 Å². The average Bonchev–Trinajstić information content (AvgIpc) is 2.17. The fourth-order valence-electron chi connectivity index (χ4n) is 1.10.